The van der Waals surface area contributed by atoms with Crippen molar-refractivity contribution in [2.24, 2.45) is 7.05 Å². The molecule has 4 rings (SSSR count). The Morgan fingerprint density at radius 1 is 1.19 bits per heavy atom. The zero-order valence-corrected chi connectivity index (χ0v) is 18.6. The van der Waals surface area contributed by atoms with E-state index in [-0.39, 0.29) is 17.5 Å². The predicted molar refractivity (Wildman–Crippen MR) is 122 cm³/mol. The average Bonchev–Trinajstić information content (AvgIpc) is 3.18. The highest BCUT2D eigenvalue weighted by atomic mass is 32.2. The van der Waals surface area contributed by atoms with Crippen LogP contribution in [0.2, 0.25) is 0 Å². The van der Waals surface area contributed by atoms with Gasteiger partial charge in [0.2, 0.25) is 0 Å². The van der Waals surface area contributed by atoms with Crippen molar-refractivity contribution in [3.05, 3.63) is 76.1 Å². The van der Waals surface area contributed by atoms with Crippen molar-refractivity contribution >= 4 is 28.6 Å². The van der Waals surface area contributed by atoms with E-state index < -0.39 is 0 Å². The number of carbonyl (C=O) groups excluding carboxylic acids is 1. The smallest absolute Gasteiger partial charge is 0.258 e. The topological polar surface area (TPSA) is 115 Å². The lowest BCUT2D eigenvalue weighted by atomic mass is 10.2. The Bertz CT molecular complexity index is 1320. The van der Waals surface area contributed by atoms with Crippen LogP contribution in [0.15, 0.2) is 58.5 Å². The molecule has 2 heterocycles. The minimum absolute atomic E-state index is 0.167. The molecule has 9 nitrogen and oxygen atoms in total. The monoisotopic (exact) mass is 450 g/mol. The summed E-state index contributed by atoms with van der Waals surface area (Å²) in [6.07, 6.45) is 0. The van der Waals surface area contributed by atoms with Crippen molar-refractivity contribution in [3.63, 3.8) is 0 Å². The maximum Gasteiger partial charge on any atom is 0.258 e. The number of nitrogens with one attached hydrogen (secondary N) is 2. The summed E-state index contributed by atoms with van der Waals surface area (Å²) >= 11 is 1.41. The summed E-state index contributed by atoms with van der Waals surface area (Å²) in [5.74, 6) is 2.08. The summed E-state index contributed by atoms with van der Waals surface area (Å²) in [7, 11) is 3.42. The van der Waals surface area contributed by atoms with Gasteiger partial charge in [0, 0.05) is 12.6 Å². The number of rotatable bonds is 7. The number of benzene rings is 2. The predicted octanol–water partition coefficient (Wildman–Crippen LogP) is 2.84. The number of hydrogen-bond acceptors (Lipinski definition) is 7. The number of carbonyl (C=O) groups is 1. The highest BCUT2D eigenvalue weighted by molar-refractivity contribution is 7.98. The first-order valence-electron chi connectivity index (χ1n) is 9.91. The van der Waals surface area contributed by atoms with Gasteiger partial charge < -0.3 is 19.6 Å². The van der Waals surface area contributed by atoms with Crippen LogP contribution in [0.25, 0.3) is 10.9 Å². The number of para-hydroxylation sites is 1. The number of methoxy groups -OCH3 is 1. The molecular formula is C22H22N6O3S. The molecule has 2 aromatic carbocycles. The van der Waals surface area contributed by atoms with E-state index in [2.05, 4.69) is 25.5 Å². The van der Waals surface area contributed by atoms with Gasteiger partial charge in [0.05, 0.1) is 29.8 Å². The molecular weight excluding hydrogens is 428 g/mol. The maximum absolute atomic E-state index is 12.5. The van der Waals surface area contributed by atoms with E-state index in [9.17, 15) is 9.59 Å². The molecule has 0 bridgehead atoms. The van der Waals surface area contributed by atoms with Crippen LogP contribution < -0.4 is 15.6 Å². The molecule has 0 saturated carbocycles. The van der Waals surface area contributed by atoms with Gasteiger partial charge in [-0.3, -0.25) is 9.59 Å². The second kappa shape index (κ2) is 9.23. The van der Waals surface area contributed by atoms with Crippen LogP contribution in [-0.2, 0) is 12.8 Å². The van der Waals surface area contributed by atoms with Gasteiger partial charge in [0.1, 0.15) is 11.6 Å². The second-order valence-corrected chi connectivity index (χ2v) is 8.08. The molecule has 1 unspecified atom stereocenters. The SMILES string of the molecule is COc1ccc(C(=O)NC(C)c2nnc(SCc3nc4ccccc4c(=O)[nH]3)n2C)cc1. The largest absolute Gasteiger partial charge is 0.497 e. The summed E-state index contributed by atoms with van der Waals surface area (Å²) in [5.41, 5.74) is 1.01. The van der Waals surface area contributed by atoms with Crippen molar-refractivity contribution < 1.29 is 9.53 Å². The Morgan fingerprint density at radius 3 is 2.69 bits per heavy atom. The number of aromatic amines is 1. The van der Waals surface area contributed by atoms with E-state index >= 15 is 0 Å². The van der Waals surface area contributed by atoms with Crippen molar-refractivity contribution in [2.75, 3.05) is 7.11 Å². The molecule has 1 amide bonds. The Balaban J connectivity index is 1.43. The number of nitrogens with zero attached hydrogens (tertiary/aromatic N) is 4. The number of amides is 1. The van der Waals surface area contributed by atoms with E-state index in [1.807, 2.05) is 36.7 Å². The van der Waals surface area contributed by atoms with Gasteiger partial charge in [-0.2, -0.15) is 0 Å². The molecule has 0 spiro atoms. The Labute approximate surface area is 188 Å². The van der Waals surface area contributed by atoms with Gasteiger partial charge in [0.25, 0.3) is 11.5 Å². The highest BCUT2D eigenvalue weighted by Gasteiger charge is 2.19. The minimum atomic E-state index is -0.352. The average molecular weight is 451 g/mol. The van der Waals surface area contributed by atoms with Gasteiger partial charge in [-0.1, -0.05) is 23.9 Å². The summed E-state index contributed by atoms with van der Waals surface area (Å²) in [4.78, 5) is 32.1. The minimum Gasteiger partial charge on any atom is -0.497 e. The summed E-state index contributed by atoms with van der Waals surface area (Å²) in [5, 5.41) is 12.6. The molecule has 0 aliphatic rings. The third-order valence-corrected chi connectivity index (χ3v) is 5.99. The summed E-state index contributed by atoms with van der Waals surface area (Å²) < 4.78 is 6.94. The number of hydrogen-bond donors (Lipinski definition) is 2. The highest BCUT2D eigenvalue weighted by Crippen LogP contribution is 2.22. The zero-order chi connectivity index (χ0) is 22.7. The van der Waals surface area contributed by atoms with Gasteiger partial charge in [-0.15, -0.1) is 10.2 Å². The van der Waals surface area contributed by atoms with Crippen LogP contribution in [0.4, 0.5) is 0 Å². The third kappa shape index (κ3) is 4.50. The van der Waals surface area contributed by atoms with Crippen LogP contribution in [-0.4, -0.2) is 37.7 Å². The summed E-state index contributed by atoms with van der Waals surface area (Å²) in [6, 6.07) is 13.7. The lowest BCUT2D eigenvalue weighted by Gasteiger charge is -2.14. The molecule has 2 aromatic heterocycles. The van der Waals surface area contributed by atoms with Crippen molar-refractivity contribution in [2.45, 2.75) is 23.9 Å². The number of ether oxygens (including phenoxy) is 1. The molecule has 10 heteroatoms. The van der Waals surface area contributed by atoms with Gasteiger partial charge in [0.15, 0.2) is 11.0 Å². The van der Waals surface area contributed by atoms with Crippen molar-refractivity contribution in [3.8, 4) is 5.75 Å². The molecule has 164 valence electrons. The second-order valence-electron chi connectivity index (χ2n) is 7.14. The van der Waals surface area contributed by atoms with Gasteiger partial charge in [-0.05, 0) is 43.3 Å². The Hall–Kier alpha value is -3.66. The van der Waals surface area contributed by atoms with Crippen LogP contribution >= 0.6 is 11.8 Å². The lowest BCUT2D eigenvalue weighted by molar-refractivity contribution is 0.0937. The molecule has 0 aliphatic heterocycles. The van der Waals surface area contributed by atoms with E-state index in [0.717, 1.165) is 0 Å². The number of thioether (sulfide) groups is 1. The first-order chi connectivity index (χ1) is 15.5. The quantitative estimate of drug-likeness (QED) is 0.416. The van der Waals surface area contributed by atoms with Crippen LogP contribution in [0.3, 0.4) is 0 Å². The first kappa shape index (κ1) is 21.6. The molecule has 2 N–H and O–H groups in total. The van der Waals surface area contributed by atoms with E-state index in [1.54, 1.807) is 37.4 Å². The fourth-order valence-electron chi connectivity index (χ4n) is 3.25. The van der Waals surface area contributed by atoms with Gasteiger partial charge in [-0.25, -0.2) is 4.98 Å². The zero-order valence-electron chi connectivity index (χ0n) is 17.8. The summed E-state index contributed by atoms with van der Waals surface area (Å²) in [6.45, 7) is 1.85. The fraction of sp³-hybridized carbons (Fsp3) is 0.227. The molecule has 0 saturated heterocycles. The molecule has 0 fully saturated rings. The molecule has 1 atom stereocenters. The Morgan fingerprint density at radius 2 is 1.94 bits per heavy atom. The molecule has 32 heavy (non-hydrogen) atoms. The van der Waals surface area contributed by atoms with Crippen LogP contribution in [0, 0.1) is 0 Å². The van der Waals surface area contributed by atoms with E-state index in [4.69, 9.17) is 4.74 Å². The first-order valence-corrected chi connectivity index (χ1v) is 10.9. The van der Waals surface area contributed by atoms with E-state index in [0.29, 0.717) is 44.8 Å². The van der Waals surface area contributed by atoms with Crippen LogP contribution in [0.1, 0.15) is 35.0 Å². The lowest BCUT2D eigenvalue weighted by Crippen LogP contribution is -2.28. The number of aromatic nitrogens is 5. The standard InChI is InChI=1S/C22H22N6O3S/c1-13(23-20(29)14-8-10-15(31-3)11-9-14)19-26-27-22(28(19)2)32-12-18-24-17-7-5-4-6-16(17)21(30)25-18/h4-11,13H,12H2,1-3H3,(H,23,29)(H,24,25,30). The number of fused-ring (bicyclic) bond motifs is 1. The third-order valence-electron chi connectivity index (χ3n) is 4.96. The maximum atomic E-state index is 12.5. The normalized spacial score (nSPS) is 12.0. The van der Waals surface area contributed by atoms with Crippen molar-refractivity contribution in [1.82, 2.24) is 30.0 Å². The van der Waals surface area contributed by atoms with Crippen LogP contribution in [0.5, 0.6) is 5.75 Å². The van der Waals surface area contributed by atoms with E-state index in [1.165, 1.54) is 11.8 Å². The van der Waals surface area contributed by atoms with Crippen molar-refractivity contribution in [1.29, 1.82) is 0 Å². The molecule has 0 aliphatic carbocycles. The fourth-order valence-corrected chi connectivity index (χ4v) is 4.04. The number of H-pyrrole nitrogens is 1. The van der Waals surface area contributed by atoms with Gasteiger partial charge >= 0.3 is 0 Å². The Kier molecular flexibility index (Phi) is 6.22. The molecule has 4 aromatic rings. The molecule has 0 radical (unpaired) electrons.